The summed E-state index contributed by atoms with van der Waals surface area (Å²) >= 11 is 1.60. The number of aliphatic hydroxyl groups is 1. The van der Waals surface area contributed by atoms with Gasteiger partial charge in [-0.25, -0.2) is 4.52 Å². The Kier molecular flexibility index (Phi) is 5.77. The third-order valence-electron chi connectivity index (χ3n) is 6.97. The molecule has 0 radical (unpaired) electrons. The SMILES string of the molecule is CNC(=O)c1c(C)sc2cc(Oc3ccnn4cc(C)c(C)c34)ccc12.O=CN1CC2(O)CC1C2. The lowest BCUT2D eigenvalue weighted by molar-refractivity contribution is -0.118. The van der Waals surface area contributed by atoms with Crippen molar-refractivity contribution >= 4 is 39.3 Å². The van der Waals surface area contributed by atoms with Crippen molar-refractivity contribution < 1.29 is 19.4 Å². The monoisotopic (exact) mass is 492 g/mol. The number of rotatable bonds is 4. The highest BCUT2D eigenvalue weighted by atomic mass is 32.1. The lowest BCUT2D eigenvalue weighted by Crippen LogP contribution is -2.39. The highest BCUT2D eigenvalue weighted by Gasteiger charge is 2.53. The zero-order valence-corrected chi connectivity index (χ0v) is 21.0. The van der Waals surface area contributed by atoms with E-state index in [4.69, 9.17) is 4.74 Å². The molecule has 2 saturated heterocycles. The maximum Gasteiger partial charge on any atom is 0.252 e. The van der Waals surface area contributed by atoms with E-state index in [9.17, 15) is 14.7 Å². The van der Waals surface area contributed by atoms with Crippen molar-refractivity contribution in [3.05, 3.63) is 58.2 Å². The molecule has 2 aliphatic heterocycles. The van der Waals surface area contributed by atoms with Crippen molar-refractivity contribution in [1.29, 1.82) is 0 Å². The molecule has 5 heterocycles. The van der Waals surface area contributed by atoms with E-state index in [1.54, 1.807) is 29.5 Å². The van der Waals surface area contributed by atoms with Crippen LogP contribution in [0.4, 0.5) is 0 Å². The average Bonchev–Trinajstić information content (AvgIpc) is 3.52. The number of ether oxygens (including phenoxy) is 1. The molecular weight excluding hydrogens is 464 g/mol. The first-order valence-electron chi connectivity index (χ1n) is 11.5. The van der Waals surface area contributed by atoms with E-state index >= 15 is 0 Å². The molecule has 2 bridgehead atoms. The molecule has 2 N–H and O–H groups in total. The number of aryl methyl sites for hydroxylation is 3. The summed E-state index contributed by atoms with van der Waals surface area (Å²) in [6.07, 6.45) is 6.16. The van der Waals surface area contributed by atoms with E-state index in [1.807, 2.05) is 41.9 Å². The van der Waals surface area contributed by atoms with E-state index in [-0.39, 0.29) is 5.91 Å². The van der Waals surface area contributed by atoms with Crippen molar-refractivity contribution in [2.75, 3.05) is 13.6 Å². The Hall–Kier alpha value is -3.43. The van der Waals surface area contributed by atoms with Gasteiger partial charge >= 0.3 is 0 Å². The first-order chi connectivity index (χ1) is 16.7. The number of hydrogen-bond acceptors (Lipinski definition) is 6. The minimum absolute atomic E-state index is 0.0578. The quantitative estimate of drug-likeness (QED) is 0.420. The van der Waals surface area contributed by atoms with Crippen LogP contribution in [0, 0.1) is 20.8 Å². The van der Waals surface area contributed by atoms with Crippen LogP contribution in [0.2, 0.25) is 0 Å². The second-order valence-electron chi connectivity index (χ2n) is 9.36. The molecule has 3 aliphatic rings. The number of fused-ring (bicyclic) bond motifs is 3. The normalized spacial score (nSPS) is 20.4. The van der Waals surface area contributed by atoms with Gasteiger partial charge in [-0.15, -0.1) is 11.3 Å². The number of amides is 2. The first-order valence-corrected chi connectivity index (χ1v) is 12.3. The predicted octanol–water partition coefficient (Wildman–Crippen LogP) is 3.98. The van der Waals surface area contributed by atoms with Crippen LogP contribution >= 0.6 is 11.3 Å². The second-order valence-corrected chi connectivity index (χ2v) is 10.6. The first kappa shape index (κ1) is 23.3. The Labute approximate surface area is 207 Å². The average molecular weight is 493 g/mol. The van der Waals surface area contributed by atoms with Gasteiger partial charge in [-0.3, -0.25) is 9.59 Å². The fourth-order valence-corrected chi connectivity index (χ4v) is 6.09. The molecule has 1 aliphatic carbocycles. The molecular formula is C26H28N4O4S. The summed E-state index contributed by atoms with van der Waals surface area (Å²) in [5, 5.41) is 17.4. The summed E-state index contributed by atoms with van der Waals surface area (Å²) in [6.45, 7) is 6.66. The van der Waals surface area contributed by atoms with Gasteiger partial charge in [-0.05, 0) is 62.9 Å². The zero-order valence-electron chi connectivity index (χ0n) is 20.2. The minimum atomic E-state index is -0.494. The van der Waals surface area contributed by atoms with Crippen molar-refractivity contribution in [2.45, 2.75) is 45.3 Å². The zero-order chi connectivity index (χ0) is 24.9. The molecule has 3 aromatic heterocycles. The molecule has 9 heteroatoms. The molecule has 2 amide bonds. The molecule has 35 heavy (non-hydrogen) atoms. The number of hydrogen-bond donors (Lipinski definition) is 2. The molecule has 4 aromatic rings. The number of nitrogens with zero attached hydrogens (tertiary/aromatic N) is 3. The Bertz CT molecular complexity index is 1450. The highest BCUT2D eigenvalue weighted by Crippen LogP contribution is 2.43. The fourth-order valence-electron chi connectivity index (χ4n) is 5.00. The lowest BCUT2D eigenvalue weighted by Gasteiger charge is -2.30. The Balaban J connectivity index is 0.000000234. The molecule has 182 valence electrons. The third-order valence-corrected chi connectivity index (χ3v) is 8.04. The third kappa shape index (κ3) is 4.04. The van der Waals surface area contributed by atoms with E-state index in [0.29, 0.717) is 12.6 Å². The van der Waals surface area contributed by atoms with Gasteiger partial charge in [0, 0.05) is 46.9 Å². The van der Waals surface area contributed by atoms with Crippen LogP contribution in [0.3, 0.4) is 0 Å². The van der Waals surface area contributed by atoms with Gasteiger partial charge in [-0.2, -0.15) is 5.10 Å². The highest BCUT2D eigenvalue weighted by molar-refractivity contribution is 7.19. The minimum Gasteiger partial charge on any atom is -0.455 e. The van der Waals surface area contributed by atoms with Crippen molar-refractivity contribution in [2.24, 2.45) is 0 Å². The number of carbonyl (C=O) groups excluding carboxylic acids is 2. The Morgan fingerprint density at radius 1 is 1.29 bits per heavy atom. The Morgan fingerprint density at radius 3 is 2.69 bits per heavy atom. The van der Waals surface area contributed by atoms with Crippen LogP contribution < -0.4 is 10.1 Å². The number of aromatic nitrogens is 2. The summed E-state index contributed by atoms with van der Waals surface area (Å²) in [6, 6.07) is 8.08. The summed E-state index contributed by atoms with van der Waals surface area (Å²) in [5.74, 6) is 1.45. The number of thiophene rings is 1. The molecule has 1 aromatic carbocycles. The Morgan fingerprint density at radius 2 is 2.06 bits per heavy atom. The van der Waals surface area contributed by atoms with Crippen LogP contribution in [0.15, 0.2) is 36.7 Å². The van der Waals surface area contributed by atoms with E-state index in [0.717, 1.165) is 62.4 Å². The van der Waals surface area contributed by atoms with Crippen LogP contribution in [0.5, 0.6) is 11.5 Å². The topological polar surface area (TPSA) is 96.2 Å². The van der Waals surface area contributed by atoms with Crippen LogP contribution in [0.25, 0.3) is 15.6 Å². The standard InChI is InChI=1S/C20H19N3O2S.C6H9NO2/c1-11-10-23-19(12(11)2)16(7-8-22-23)25-14-5-6-15-17(9-14)26-13(3)18(15)20(24)21-4;8-4-7-3-6(9)1-5(7)2-6/h5-10H,1-4H3,(H,21,24);4-5,9H,1-3H2. The molecule has 0 unspecified atom stereocenters. The van der Waals surface area contributed by atoms with Crippen LogP contribution in [-0.4, -0.2) is 57.2 Å². The maximum atomic E-state index is 12.1. The fraction of sp³-hybridized carbons (Fsp3) is 0.346. The van der Waals surface area contributed by atoms with Gasteiger partial charge < -0.3 is 20.1 Å². The van der Waals surface area contributed by atoms with Gasteiger partial charge in [0.2, 0.25) is 6.41 Å². The number of carbonyl (C=O) groups is 2. The van der Waals surface area contributed by atoms with Crippen LogP contribution in [-0.2, 0) is 4.79 Å². The predicted molar refractivity (Wildman–Crippen MR) is 135 cm³/mol. The summed E-state index contributed by atoms with van der Waals surface area (Å²) in [5.41, 5.74) is 3.55. The molecule has 0 atom stereocenters. The summed E-state index contributed by atoms with van der Waals surface area (Å²) < 4.78 is 9.05. The molecule has 3 fully saturated rings. The van der Waals surface area contributed by atoms with Gasteiger partial charge in [0.1, 0.15) is 11.3 Å². The van der Waals surface area contributed by atoms with Crippen molar-refractivity contribution in [3.63, 3.8) is 0 Å². The largest absolute Gasteiger partial charge is 0.455 e. The van der Waals surface area contributed by atoms with Gasteiger partial charge in [-0.1, -0.05) is 0 Å². The maximum absolute atomic E-state index is 12.1. The second kappa shape index (κ2) is 8.66. The molecule has 8 nitrogen and oxygen atoms in total. The lowest BCUT2D eigenvalue weighted by atomic mass is 9.82. The van der Waals surface area contributed by atoms with Gasteiger partial charge in [0.05, 0.1) is 17.4 Å². The smallest absolute Gasteiger partial charge is 0.252 e. The molecule has 0 spiro atoms. The van der Waals surface area contributed by atoms with E-state index < -0.39 is 5.60 Å². The van der Waals surface area contributed by atoms with Crippen molar-refractivity contribution in [3.8, 4) is 11.5 Å². The van der Waals surface area contributed by atoms with Crippen LogP contribution in [0.1, 0.15) is 39.2 Å². The number of benzene rings is 1. The van der Waals surface area contributed by atoms with Gasteiger partial charge in [0.25, 0.3) is 5.91 Å². The molecule has 7 rings (SSSR count). The summed E-state index contributed by atoms with van der Waals surface area (Å²) in [7, 11) is 1.65. The molecule has 1 saturated carbocycles. The number of nitrogens with one attached hydrogen (secondary N) is 1. The summed E-state index contributed by atoms with van der Waals surface area (Å²) in [4.78, 5) is 25.0. The van der Waals surface area contributed by atoms with Crippen molar-refractivity contribution in [1.82, 2.24) is 19.8 Å². The van der Waals surface area contributed by atoms with E-state index in [1.165, 1.54) is 5.56 Å². The van der Waals surface area contributed by atoms with Gasteiger partial charge in [0.15, 0.2) is 5.75 Å². The van der Waals surface area contributed by atoms with E-state index in [2.05, 4.69) is 24.3 Å².